The first-order valence-corrected chi connectivity index (χ1v) is 6.00. The number of hydrogen-bond donors (Lipinski definition) is 2. The van der Waals surface area contributed by atoms with Gasteiger partial charge in [0.2, 0.25) is 0 Å². The molecule has 2 rings (SSSR count). The fourth-order valence-electron chi connectivity index (χ4n) is 2.00. The molecule has 0 saturated carbocycles. The third-order valence-electron chi connectivity index (χ3n) is 2.77. The summed E-state index contributed by atoms with van der Waals surface area (Å²) in [6.07, 6.45) is 0.915. The Morgan fingerprint density at radius 1 is 1.24 bits per heavy atom. The van der Waals surface area contributed by atoms with E-state index in [1.807, 2.05) is 18.2 Å². The quantitative estimate of drug-likeness (QED) is 0.818. The predicted octanol–water partition coefficient (Wildman–Crippen LogP) is 2.97. The van der Waals surface area contributed by atoms with E-state index < -0.39 is 0 Å². The molecule has 3 nitrogen and oxygen atoms in total. The Morgan fingerprint density at radius 2 is 1.94 bits per heavy atom. The van der Waals surface area contributed by atoms with E-state index in [1.165, 1.54) is 5.56 Å². The van der Waals surface area contributed by atoms with Gasteiger partial charge in [0.25, 0.3) is 5.56 Å². The first-order chi connectivity index (χ1) is 8.20. The van der Waals surface area contributed by atoms with Gasteiger partial charge in [0.15, 0.2) is 4.77 Å². The summed E-state index contributed by atoms with van der Waals surface area (Å²) >= 11 is 4.99. The minimum Gasteiger partial charge on any atom is -0.335 e. The van der Waals surface area contributed by atoms with Crippen LogP contribution in [0.4, 0.5) is 0 Å². The van der Waals surface area contributed by atoms with Gasteiger partial charge in [-0.05, 0) is 24.2 Å². The Labute approximate surface area is 105 Å². The highest BCUT2D eigenvalue weighted by Crippen LogP contribution is 2.24. The van der Waals surface area contributed by atoms with Gasteiger partial charge in [-0.3, -0.25) is 9.78 Å². The van der Waals surface area contributed by atoms with Gasteiger partial charge in [-0.15, -0.1) is 0 Å². The van der Waals surface area contributed by atoms with Crippen molar-refractivity contribution in [1.82, 2.24) is 9.97 Å². The number of benzene rings is 1. The van der Waals surface area contributed by atoms with Crippen LogP contribution in [0.3, 0.4) is 0 Å². The van der Waals surface area contributed by atoms with Crippen LogP contribution in [0, 0.1) is 4.77 Å². The van der Waals surface area contributed by atoms with E-state index in [4.69, 9.17) is 12.2 Å². The molecule has 0 aliphatic heterocycles. The van der Waals surface area contributed by atoms with Crippen LogP contribution in [0.15, 0.2) is 41.2 Å². The molecule has 0 bridgehead atoms. The Morgan fingerprint density at radius 3 is 2.53 bits per heavy atom. The van der Waals surface area contributed by atoms with E-state index in [0.717, 1.165) is 12.1 Å². The van der Waals surface area contributed by atoms with Crippen molar-refractivity contribution in [2.24, 2.45) is 0 Å². The van der Waals surface area contributed by atoms with Gasteiger partial charge in [-0.2, -0.15) is 0 Å². The molecule has 2 N–H and O–H groups in total. The normalized spacial score (nSPS) is 12.3. The summed E-state index contributed by atoms with van der Waals surface area (Å²) in [6.45, 7) is 2.09. The van der Waals surface area contributed by atoms with E-state index in [-0.39, 0.29) is 11.5 Å². The minimum atomic E-state index is -0.155. The molecular formula is C13H14N2OS. The molecule has 1 heterocycles. The van der Waals surface area contributed by atoms with Crippen molar-refractivity contribution in [3.63, 3.8) is 0 Å². The Kier molecular flexibility index (Phi) is 3.54. The van der Waals surface area contributed by atoms with Gasteiger partial charge in [-0.25, -0.2) is 0 Å². The fourth-order valence-corrected chi connectivity index (χ4v) is 2.21. The number of hydrogen-bond acceptors (Lipinski definition) is 2. The zero-order valence-electron chi connectivity index (χ0n) is 9.57. The third kappa shape index (κ3) is 2.71. The van der Waals surface area contributed by atoms with Crippen molar-refractivity contribution in [2.75, 3.05) is 0 Å². The largest absolute Gasteiger partial charge is 0.335 e. The van der Waals surface area contributed by atoms with Crippen molar-refractivity contribution in [3.05, 3.63) is 62.8 Å². The summed E-state index contributed by atoms with van der Waals surface area (Å²) < 4.78 is 0.377. The maximum absolute atomic E-state index is 11.4. The lowest BCUT2D eigenvalue weighted by molar-refractivity contribution is 0.739. The number of nitrogens with one attached hydrogen (secondary N) is 2. The summed E-state index contributed by atoms with van der Waals surface area (Å²) in [5, 5.41) is 0. The molecule has 0 unspecified atom stereocenters. The number of H-pyrrole nitrogens is 2. The van der Waals surface area contributed by atoms with E-state index in [0.29, 0.717) is 4.77 Å². The molecule has 0 aliphatic rings. The average Bonchev–Trinajstić information content (AvgIpc) is 2.30. The molecule has 17 heavy (non-hydrogen) atoms. The summed E-state index contributed by atoms with van der Waals surface area (Å²) in [6, 6.07) is 11.7. The van der Waals surface area contributed by atoms with Gasteiger partial charge in [-0.1, -0.05) is 37.3 Å². The predicted molar refractivity (Wildman–Crippen MR) is 70.8 cm³/mol. The van der Waals surface area contributed by atoms with Crippen LogP contribution in [0.2, 0.25) is 0 Å². The van der Waals surface area contributed by atoms with Crippen LogP contribution in [-0.2, 0) is 0 Å². The lowest BCUT2D eigenvalue weighted by Gasteiger charge is -2.15. The second kappa shape index (κ2) is 5.10. The van der Waals surface area contributed by atoms with Crippen molar-refractivity contribution in [2.45, 2.75) is 19.3 Å². The van der Waals surface area contributed by atoms with Crippen LogP contribution >= 0.6 is 12.2 Å². The Hall–Kier alpha value is -1.68. The molecule has 0 aliphatic carbocycles. The molecule has 0 spiro atoms. The second-order valence-electron chi connectivity index (χ2n) is 3.91. The van der Waals surface area contributed by atoms with Crippen LogP contribution in [0.5, 0.6) is 0 Å². The van der Waals surface area contributed by atoms with E-state index in [9.17, 15) is 4.79 Å². The number of aromatic amines is 2. The SMILES string of the molecule is CC[C@@H](c1ccccc1)c1cc(=O)[nH]c(=S)[nH]1. The topological polar surface area (TPSA) is 48.6 Å². The fraction of sp³-hybridized carbons (Fsp3) is 0.231. The molecule has 0 saturated heterocycles. The molecule has 4 heteroatoms. The summed E-state index contributed by atoms with van der Waals surface area (Å²) in [5.74, 6) is 0.181. The van der Waals surface area contributed by atoms with Crippen molar-refractivity contribution in [3.8, 4) is 0 Å². The van der Waals surface area contributed by atoms with Gasteiger partial charge >= 0.3 is 0 Å². The summed E-state index contributed by atoms with van der Waals surface area (Å²) in [7, 11) is 0. The first-order valence-electron chi connectivity index (χ1n) is 5.59. The monoisotopic (exact) mass is 246 g/mol. The molecule has 0 amide bonds. The second-order valence-corrected chi connectivity index (χ2v) is 4.32. The lowest BCUT2D eigenvalue weighted by atomic mass is 9.93. The highest BCUT2D eigenvalue weighted by Gasteiger charge is 2.12. The zero-order chi connectivity index (χ0) is 12.3. The summed E-state index contributed by atoms with van der Waals surface area (Å²) in [5.41, 5.74) is 1.90. The van der Waals surface area contributed by atoms with Crippen LogP contribution < -0.4 is 5.56 Å². The van der Waals surface area contributed by atoms with Crippen LogP contribution in [0.1, 0.15) is 30.5 Å². The van der Waals surface area contributed by atoms with E-state index in [2.05, 4.69) is 29.0 Å². The van der Waals surface area contributed by atoms with Gasteiger partial charge in [0.05, 0.1) is 0 Å². The molecule has 0 fully saturated rings. The zero-order valence-corrected chi connectivity index (χ0v) is 10.4. The van der Waals surface area contributed by atoms with Crippen molar-refractivity contribution < 1.29 is 0 Å². The number of rotatable bonds is 3. The van der Waals surface area contributed by atoms with E-state index in [1.54, 1.807) is 6.07 Å². The Balaban J connectivity index is 2.49. The van der Waals surface area contributed by atoms with Gasteiger partial charge in [0.1, 0.15) is 0 Å². The molecule has 1 aromatic carbocycles. The highest BCUT2D eigenvalue weighted by molar-refractivity contribution is 7.71. The molecule has 1 aromatic heterocycles. The van der Waals surface area contributed by atoms with Crippen LogP contribution in [-0.4, -0.2) is 9.97 Å². The van der Waals surface area contributed by atoms with Crippen LogP contribution in [0.25, 0.3) is 0 Å². The molecule has 1 atom stereocenters. The van der Waals surface area contributed by atoms with Crippen molar-refractivity contribution in [1.29, 1.82) is 0 Å². The highest BCUT2D eigenvalue weighted by atomic mass is 32.1. The molecular weight excluding hydrogens is 232 g/mol. The molecule has 2 aromatic rings. The smallest absolute Gasteiger partial charge is 0.251 e. The van der Waals surface area contributed by atoms with Gasteiger partial charge in [0, 0.05) is 17.7 Å². The lowest BCUT2D eigenvalue weighted by Crippen LogP contribution is -2.12. The third-order valence-corrected chi connectivity index (χ3v) is 2.97. The maximum Gasteiger partial charge on any atom is 0.251 e. The summed E-state index contributed by atoms with van der Waals surface area (Å²) in [4.78, 5) is 17.0. The number of aromatic nitrogens is 2. The standard InChI is InChI=1S/C13H14N2OS/c1-2-10(9-6-4-3-5-7-9)11-8-12(16)15-13(17)14-11/h3-8,10H,2H2,1H3,(H2,14,15,16,17)/t10-/m0/s1. The average molecular weight is 246 g/mol. The maximum atomic E-state index is 11.4. The first kappa shape index (κ1) is 11.8. The molecule has 88 valence electrons. The molecule has 0 radical (unpaired) electrons. The minimum absolute atomic E-state index is 0.155. The van der Waals surface area contributed by atoms with E-state index >= 15 is 0 Å². The Bertz CT molecular complexity index is 572. The van der Waals surface area contributed by atoms with Gasteiger partial charge < -0.3 is 4.98 Å². The van der Waals surface area contributed by atoms with Crippen molar-refractivity contribution >= 4 is 12.2 Å².